The molecule has 1 aromatic heterocycles. The molecule has 2 aliphatic rings. The number of carbonyl (C=O) groups excluding carboxylic acids is 2. The average Bonchev–Trinajstić information content (AvgIpc) is 3.31. The highest BCUT2D eigenvalue weighted by atomic mass is 16.2. The quantitative estimate of drug-likeness (QED) is 0.614. The zero-order valence-corrected chi connectivity index (χ0v) is 13.2. The van der Waals surface area contributed by atoms with Gasteiger partial charge in [-0.05, 0) is 51.4 Å². The van der Waals surface area contributed by atoms with E-state index in [1.165, 1.54) is 25.7 Å². The maximum Gasteiger partial charge on any atom is 0.295 e. The van der Waals surface area contributed by atoms with Crippen LogP contribution >= 0.6 is 0 Å². The Morgan fingerprint density at radius 1 is 1.19 bits per heavy atom. The topological polar surface area (TPSA) is 55.2 Å². The van der Waals surface area contributed by atoms with Crippen molar-refractivity contribution in [2.75, 3.05) is 7.05 Å². The second-order valence-corrected chi connectivity index (χ2v) is 6.58. The predicted octanol–water partition coefficient (Wildman–Crippen LogP) is 1.87. The fourth-order valence-corrected chi connectivity index (χ4v) is 3.40. The van der Waals surface area contributed by atoms with E-state index in [9.17, 15) is 9.59 Å². The van der Waals surface area contributed by atoms with Gasteiger partial charge in [-0.25, -0.2) is 0 Å². The first-order chi connectivity index (χ1) is 9.91. The molecule has 1 heterocycles. The van der Waals surface area contributed by atoms with Crippen LogP contribution < -0.4 is 0 Å². The molecule has 0 N–H and O–H groups in total. The first-order valence-corrected chi connectivity index (χ1v) is 7.73. The molecule has 0 aromatic carbocycles. The number of nitrogens with zero attached hydrogens (tertiary/aromatic N) is 3. The van der Waals surface area contributed by atoms with Crippen LogP contribution in [0.1, 0.15) is 47.4 Å². The number of hydrogen-bond donors (Lipinski definition) is 0. The number of amides is 1. The van der Waals surface area contributed by atoms with Crippen LogP contribution in [-0.2, 0) is 11.8 Å². The molecule has 0 spiro atoms. The first-order valence-electron chi connectivity index (χ1n) is 7.73. The molecule has 0 bridgehead atoms. The van der Waals surface area contributed by atoms with Gasteiger partial charge in [0.1, 0.15) is 0 Å². The van der Waals surface area contributed by atoms with Gasteiger partial charge >= 0.3 is 0 Å². The molecule has 114 valence electrons. The van der Waals surface area contributed by atoms with Crippen LogP contribution in [0, 0.1) is 25.7 Å². The van der Waals surface area contributed by atoms with E-state index in [0.717, 1.165) is 5.69 Å². The molecule has 0 unspecified atom stereocenters. The van der Waals surface area contributed by atoms with E-state index in [1.54, 1.807) is 30.6 Å². The van der Waals surface area contributed by atoms with Crippen LogP contribution in [-0.4, -0.2) is 39.5 Å². The van der Waals surface area contributed by atoms with Crippen LogP contribution in [0.2, 0.25) is 0 Å². The van der Waals surface area contributed by atoms with Crippen molar-refractivity contribution in [1.82, 2.24) is 14.7 Å². The highest BCUT2D eigenvalue weighted by Crippen LogP contribution is 2.46. The minimum Gasteiger partial charge on any atom is -0.335 e. The summed E-state index contributed by atoms with van der Waals surface area (Å²) in [6.07, 6.45) is 4.77. The van der Waals surface area contributed by atoms with Crippen LogP contribution in [0.3, 0.4) is 0 Å². The van der Waals surface area contributed by atoms with Gasteiger partial charge in [-0.1, -0.05) is 0 Å². The zero-order chi connectivity index (χ0) is 15.3. The van der Waals surface area contributed by atoms with Gasteiger partial charge in [-0.15, -0.1) is 0 Å². The number of carbonyl (C=O) groups is 2. The molecule has 2 saturated carbocycles. The smallest absolute Gasteiger partial charge is 0.295 e. The molecule has 1 amide bonds. The molecule has 3 rings (SSSR count). The van der Waals surface area contributed by atoms with E-state index in [2.05, 4.69) is 5.10 Å². The number of ketones is 1. The Morgan fingerprint density at radius 2 is 1.71 bits per heavy atom. The normalized spacial score (nSPS) is 18.1. The summed E-state index contributed by atoms with van der Waals surface area (Å²) in [6, 6.07) is 0.263. The van der Waals surface area contributed by atoms with Gasteiger partial charge in [0, 0.05) is 25.8 Å². The Kier molecular flexibility index (Phi) is 3.38. The van der Waals surface area contributed by atoms with Gasteiger partial charge in [0.25, 0.3) is 11.7 Å². The summed E-state index contributed by atoms with van der Waals surface area (Å²) in [7, 11) is 3.59. The van der Waals surface area contributed by atoms with Crippen molar-refractivity contribution in [3.63, 3.8) is 0 Å². The van der Waals surface area contributed by atoms with Crippen molar-refractivity contribution in [2.24, 2.45) is 18.9 Å². The van der Waals surface area contributed by atoms with Crippen LogP contribution in [0.15, 0.2) is 0 Å². The van der Waals surface area contributed by atoms with E-state index in [-0.39, 0.29) is 11.9 Å². The molecule has 2 aliphatic carbocycles. The maximum atomic E-state index is 12.6. The molecule has 0 radical (unpaired) electrons. The van der Waals surface area contributed by atoms with E-state index in [0.29, 0.717) is 23.1 Å². The third kappa shape index (κ3) is 2.49. The third-order valence-electron chi connectivity index (χ3n) is 4.91. The minimum atomic E-state index is -0.410. The number of aromatic nitrogens is 2. The highest BCUT2D eigenvalue weighted by Gasteiger charge is 2.46. The molecule has 2 fully saturated rings. The van der Waals surface area contributed by atoms with Crippen LogP contribution in [0.4, 0.5) is 0 Å². The second-order valence-electron chi connectivity index (χ2n) is 6.58. The Balaban J connectivity index is 1.81. The lowest BCUT2D eigenvalue weighted by Crippen LogP contribution is -2.43. The number of likely N-dealkylation sites (N-methyl/N-ethyl adjacent to an activating group) is 1. The highest BCUT2D eigenvalue weighted by molar-refractivity contribution is 6.43. The number of aryl methyl sites for hydroxylation is 2. The third-order valence-corrected chi connectivity index (χ3v) is 4.91. The Morgan fingerprint density at radius 3 is 2.10 bits per heavy atom. The van der Waals surface area contributed by atoms with Crippen molar-refractivity contribution in [1.29, 1.82) is 0 Å². The summed E-state index contributed by atoms with van der Waals surface area (Å²) >= 11 is 0. The van der Waals surface area contributed by atoms with E-state index in [1.807, 2.05) is 6.92 Å². The Hall–Kier alpha value is -1.65. The molecule has 0 saturated heterocycles. The molecule has 5 nitrogen and oxygen atoms in total. The lowest BCUT2D eigenvalue weighted by Gasteiger charge is -2.27. The van der Waals surface area contributed by atoms with Crippen molar-refractivity contribution in [3.8, 4) is 0 Å². The predicted molar refractivity (Wildman–Crippen MR) is 79.0 cm³/mol. The molecule has 5 heteroatoms. The summed E-state index contributed by atoms with van der Waals surface area (Å²) < 4.78 is 1.66. The fourth-order valence-electron chi connectivity index (χ4n) is 3.40. The summed E-state index contributed by atoms with van der Waals surface area (Å²) in [5, 5.41) is 4.24. The molecule has 21 heavy (non-hydrogen) atoms. The standard InChI is InChI=1S/C16H23N3O2/c1-9-13(10(2)19(4)17-9)15(20)16(21)18(3)14(11-5-6-11)12-7-8-12/h11-12,14H,5-8H2,1-4H3. The largest absolute Gasteiger partial charge is 0.335 e. The Bertz CT molecular complexity index is 585. The number of rotatable bonds is 5. The van der Waals surface area contributed by atoms with Gasteiger partial charge < -0.3 is 4.90 Å². The monoisotopic (exact) mass is 289 g/mol. The van der Waals surface area contributed by atoms with Crippen LogP contribution in [0.5, 0.6) is 0 Å². The lowest BCUT2D eigenvalue weighted by atomic mass is 10.0. The molecule has 0 aliphatic heterocycles. The van der Waals surface area contributed by atoms with Gasteiger partial charge in [-0.2, -0.15) is 5.10 Å². The molecule has 0 atom stereocenters. The summed E-state index contributed by atoms with van der Waals surface area (Å²) in [4.78, 5) is 26.9. The van der Waals surface area contributed by atoms with Crippen molar-refractivity contribution < 1.29 is 9.59 Å². The molecular formula is C16H23N3O2. The lowest BCUT2D eigenvalue weighted by molar-refractivity contribution is -0.128. The minimum absolute atomic E-state index is 0.263. The van der Waals surface area contributed by atoms with Gasteiger partial charge in [0.05, 0.1) is 11.3 Å². The molecule has 1 aromatic rings. The maximum absolute atomic E-state index is 12.6. The van der Waals surface area contributed by atoms with E-state index < -0.39 is 5.78 Å². The summed E-state index contributed by atoms with van der Waals surface area (Å²) in [5.41, 5.74) is 1.87. The van der Waals surface area contributed by atoms with E-state index >= 15 is 0 Å². The van der Waals surface area contributed by atoms with Crippen LogP contribution in [0.25, 0.3) is 0 Å². The van der Waals surface area contributed by atoms with Gasteiger partial charge in [0.2, 0.25) is 0 Å². The zero-order valence-electron chi connectivity index (χ0n) is 13.2. The first kappa shape index (κ1) is 14.3. The average molecular weight is 289 g/mol. The fraction of sp³-hybridized carbons (Fsp3) is 0.688. The van der Waals surface area contributed by atoms with Gasteiger partial charge in [0.15, 0.2) is 0 Å². The molecular weight excluding hydrogens is 266 g/mol. The number of hydrogen-bond acceptors (Lipinski definition) is 3. The van der Waals surface area contributed by atoms with E-state index in [4.69, 9.17) is 0 Å². The number of Topliss-reactive ketones (excluding diaryl/α,β-unsaturated/α-hetero) is 1. The van der Waals surface area contributed by atoms with Crippen molar-refractivity contribution >= 4 is 11.7 Å². The van der Waals surface area contributed by atoms with Crippen molar-refractivity contribution in [3.05, 3.63) is 17.0 Å². The second kappa shape index (κ2) is 4.97. The Labute approximate surface area is 125 Å². The van der Waals surface area contributed by atoms with Crippen molar-refractivity contribution in [2.45, 2.75) is 45.6 Å². The summed E-state index contributed by atoms with van der Waals surface area (Å²) in [5.74, 6) is 0.426. The SMILES string of the molecule is Cc1nn(C)c(C)c1C(=O)C(=O)N(C)C(C1CC1)C1CC1. The van der Waals surface area contributed by atoms with Gasteiger partial charge in [-0.3, -0.25) is 14.3 Å². The summed E-state index contributed by atoms with van der Waals surface area (Å²) in [6.45, 7) is 3.62.